The SMILES string of the molecule is C=C(C(=O)C1C=CC(=[N+]=[N-])C=C1)C(=O)C1C=CC(=[N+]=[N-])C=C1.N.N. The molecule has 0 spiro atoms. The van der Waals surface area contributed by atoms with Gasteiger partial charge in [0.05, 0.1) is 17.4 Å². The smallest absolute Gasteiger partial charge is 0.314 e. The number of ketones is 2. The van der Waals surface area contributed by atoms with Gasteiger partial charge in [-0.2, -0.15) is 9.58 Å². The summed E-state index contributed by atoms with van der Waals surface area (Å²) in [6.07, 6.45) is 12.1. The molecule has 0 amide bonds. The van der Waals surface area contributed by atoms with Gasteiger partial charge in [0.2, 0.25) is 0 Å². The summed E-state index contributed by atoms with van der Waals surface area (Å²) in [6.45, 7) is 3.59. The van der Waals surface area contributed by atoms with Crippen LogP contribution in [0.5, 0.6) is 0 Å². The zero-order valence-electron chi connectivity index (χ0n) is 13.0. The second-order valence-corrected chi connectivity index (χ2v) is 4.74. The topological polar surface area (TPSA) is 177 Å². The lowest BCUT2D eigenvalue weighted by molar-refractivity contribution is -0.122. The van der Waals surface area contributed by atoms with E-state index in [9.17, 15) is 9.59 Å². The molecular weight excluding hydrogens is 308 g/mol. The number of nitrogens with zero attached hydrogens (tertiary/aromatic N) is 4. The van der Waals surface area contributed by atoms with E-state index in [0.29, 0.717) is 11.4 Å². The average Bonchev–Trinajstić information content (AvgIpc) is 2.60. The fraction of sp³-hybridized carbons (Fsp3) is 0.125. The van der Waals surface area contributed by atoms with Crippen LogP contribution in [-0.2, 0) is 9.59 Å². The molecule has 2 rings (SSSR count). The summed E-state index contributed by atoms with van der Waals surface area (Å²) in [4.78, 5) is 30.5. The van der Waals surface area contributed by atoms with Crippen molar-refractivity contribution in [3.8, 4) is 0 Å². The van der Waals surface area contributed by atoms with E-state index in [1.807, 2.05) is 0 Å². The number of carbonyl (C=O) groups excluding carboxylic acids is 2. The molecule has 0 radical (unpaired) electrons. The summed E-state index contributed by atoms with van der Waals surface area (Å²) in [5, 5.41) is 0. The Bertz CT molecular complexity index is 678. The first-order valence-corrected chi connectivity index (χ1v) is 6.51. The fourth-order valence-electron chi connectivity index (χ4n) is 2.06. The van der Waals surface area contributed by atoms with Crippen LogP contribution in [0, 0.1) is 11.8 Å². The van der Waals surface area contributed by atoms with Crippen molar-refractivity contribution in [1.29, 1.82) is 0 Å². The number of hydrogen-bond acceptors (Lipinski definition) is 4. The van der Waals surface area contributed by atoms with Gasteiger partial charge < -0.3 is 23.4 Å². The Hall–Kier alpha value is -3.28. The molecule has 0 unspecified atom stereocenters. The van der Waals surface area contributed by atoms with E-state index < -0.39 is 23.4 Å². The van der Waals surface area contributed by atoms with Crippen LogP contribution in [-0.4, -0.2) is 32.6 Å². The van der Waals surface area contributed by atoms with Gasteiger partial charge in [-0.25, -0.2) is 0 Å². The first kappa shape index (κ1) is 20.7. The minimum absolute atomic E-state index is 0. The largest absolute Gasteiger partial charge is 0.361 e. The van der Waals surface area contributed by atoms with Gasteiger partial charge in [0.15, 0.2) is 11.6 Å². The molecular formula is C16H18N6O2. The van der Waals surface area contributed by atoms with E-state index >= 15 is 0 Å². The summed E-state index contributed by atoms with van der Waals surface area (Å²) in [7, 11) is 0. The summed E-state index contributed by atoms with van der Waals surface area (Å²) < 4.78 is 0. The minimum Gasteiger partial charge on any atom is -0.361 e. The number of allylic oxidation sites excluding steroid dienone is 9. The quantitative estimate of drug-likeness (QED) is 0.263. The van der Waals surface area contributed by atoms with Crippen LogP contribution in [0.1, 0.15) is 0 Å². The molecule has 124 valence electrons. The molecule has 0 atom stereocenters. The normalized spacial score (nSPS) is 20.3. The molecule has 6 N–H and O–H groups in total. The molecule has 8 nitrogen and oxygen atoms in total. The highest BCUT2D eigenvalue weighted by molar-refractivity contribution is 6.23. The van der Waals surface area contributed by atoms with E-state index in [1.165, 1.54) is 24.3 Å². The highest BCUT2D eigenvalue weighted by Crippen LogP contribution is 2.19. The molecule has 8 heteroatoms. The molecule has 2 aliphatic carbocycles. The first-order valence-electron chi connectivity index (χ1n) is 6.51. The third-order valence-corrected chi connectivity index (χ3v) is 3.33. The van der Waals surface area contributed by atoms with Crippen LogP contribution in [0.4, 0.5) is 0 Å². The molecule has 0 heterocycles. The van der Waals surface area contributed by atoms with Crippen molar-refractivity contribution in [1.82, 2.24) is 12.3 Å². The Morgan fingerprint density at radius 3 is 1.33 bits per heavy atom. The maximum atomic E-state index is 12.3. The summed E-state index contributed by atoms with van der Waals surface area (Å²) in [5.41, 5.74) is 17.8. The lowest BCUT2D eigenvalue weighted by Crippen LogP contribution is -2.24. The van der Waals surface area contributed by atoms with Crippen LogP contribution in [0.2, 0.25) is 0 Å². The third-order valence-electron chi connectivity index (χ3n) is 3.33. The van der Waals surface area contributed by atoms with Crippen LogP contribution in [0.25, 0.3) is 11.1 Å². The predicted molar refractivity (Wildman–Crippen MR) is 90.0 cm³/mol. The van der Waals surface area contributed by atoms with Crippen LogP contribution < -0.4 is 12.3 Å². The van der Waals surface area contributed by atoms with Crippen molar-refractivity contribution in [2.45, 2.75) is 0 Å². The standard InChI is InChI=1S/C16H12N4O2.2H3N/c1-10(15(21)11-2-6-13(19-17)7-3-11)16(22)12-4-8-14(20-18)9-5-12;;/h2-9,11-12H,1H2;2*1H3. The van der Waals surface area contributed by atoms with Gasteiger partial charge in [-0.15, -0.1) is 0 Å². The van der Waals surface area contributed by atoms with Gasteiger partial charge >= 0.3 is 11.4 Å². The van der Waals surface area contributed by atoms with Gasteiger partial charge in [-0.1, -0.05) is 30.9 Å². The fourth-order valence-corrected chi connectivity index (χ4v) is 2.06. The third kappa shape index (κ3) is 4.36. The highest BCUT2D eigenvalue weighted by atomic mass is 16.1. The summed E-state index contributed by atoms with van der Waals surface area (Å²) in [6, 6.07) is 0. The molecule has 0 bridgehead atoms. The van der Waals surface area contributed by atoms with Crippen molar-refractivity contribution in [2.75, 3.05) is 0 Å². The Labute approximate surface area is 139 Å². The number of carbonyl (C=O) groups is 2. The summed E-state index contributed by atoms with van der Waals surface area (Å²) >= 11 is 0. The second-order valence-electron chi connectivity index (χ2n) is 4.74. The Morgan fingerprint density at radius 2 is 1.08 bits per heavy atom. The van der Waals surface area contributed by atoms with Gasteiger partial charge in [0.25, 0.3) is 0 Å². The second kappa shape index (κ2) is 8.99. The Kier molecular flexibility index (Phi) is 7.76. The van der Waals surface area contributed by atoms with E-state index in [1.54, 1.807) is 24.3 Å². The summed E-state index contributed by atoms with van der Waals surface area (Å²) in [5.74, 6) is -2.02. The van der Waals surface area contributed by atoms with Crippen LogP contribution in [0.3, 0.4) is 0 Å². The van der Waals surface area contributed by atoms with Crippen molar-refractivity contribution in [3.63, 3.8) is 0 Å². The van der Waals surface area contributed by atoms with E-state index in [2.05, 4.69) is 16.2 Å². The van der Waals surface area contributed by atoms with Crippen molar-refractivity contribution in [2.24, 2.45) is 11.8 Å². The van der Waals surface area contributed by atoms with Gasteiger partial charge in [0.1, 0.15) is 0 Å². The maximum Gasteiger partial charge on any atom is 0.314 e. The average molecular weight is 326 g/mol. The molecule has 2 aliphatic rings. The molecule has 0 saturated carbocycles. The zero-order chi connectivity index (χ0) is 16.1. The maximum absolute atomic E-state index is 12.3. The Morgan fingerprint density at radius 1 is 0.792 bits per heavy atom. The molecule has 0 aliphatic heterocycles. The first-order chi connectivity index (χ1) is 10.6. The van der Waals surface area contributed by atoms with E-state index in [-0.39, 0.29) is 17.9 Å². The number of rotatable bonds is 4. The minimum atomic E-state index is -0.604. The van der Waals surface area contributed by atoms with Gasteiger partial charge in [-0.3, -0.25) is 9.59 Å². The van der Waals surface area contributed by atoms with Gasteiger partial charge in [0, 0.05) is 24.3 Å². The lowest BCUT2D eigenvalue weighted by atomic mass is 9.87. The monoisotopic (exact) mass is 326 g/mol. The molecule has 0 aromatic carbocycles. The van der Waals surface area contributed by atoms with Gasteiger partial charge in [-0.05, 0) is 0 Å². The molecule has 0 fully saturated rings. The lowest BCUT2D eigenvalue weighted by Gasteiger charge is -2.13. The van der Waals surface area contributed by atoms with E-state index in [4.69, 9.17) is 11.1 Å². The van der Waals surface area contributed by atoms with Crippen LogP contribution >= 0.6 is 0 Å². The Balaban J connectivity index is 0.00000264. The number of hydrogen-bond donors (Lipinski definition) is 2. The molecule has 0 aromatic rings. The molecule has 0 saturated heterocycles. The van der Waals surface area contributed by atoms with Crippen molar-refractivity contribution in [3.05, 3.63) is 71.8 Å². The highest BCUT2D eigenvalue weighted by Gasteiger charge is 2.27. The zero-order valence-corrected chi connectivity index (χ0v) is 13.0. The van der Waals surface area contributed by atoms with Crippen LogP contribution in [0.15, 0.2) is 60.8 Å². The van der Waals surface area contributed by atoms with Crippen molar-refractivity contribution >= 4 is 23.0 Å². The molecule has 0 aromatic heterocycles. The van der Waals surface area contributed by atoms with Crippen molar-refractivity contribution < 1.29 is 19.2 Å². The number of Topliss-reactive ketones (excluding diaryl/α,β-unsaturated/α-hetero) is 2. The van der Waals surface area contributed by atoms with E-state index in [0.717, 1.165) is 0 Å². The molecule has 24 heavy (non-hydrogen) atoms. The predicted octanol–water partition coefficient (Wildman–Crippen LogP) is 1.83.